The molecule has 0 fully saturated rings. The van der Waals surface area contributed by atoms with Gasteiger partial charge in [-0.05, 0) is 40.9 Å². The van der Waals surface area contributed by atoms with Crippen molar-refractivity contribution in [3.05, 3.63) is 58.3 Å². The highest BCUT2D eigenvalue weighted by atomic mass is 32.1. The van der Waals surface area contributed by atoms with E-state index in [1.807, 2.05) is 0 Å². The van der Waals surface area contributed by atoms with E-state index in [9.17, 15) is 0 Å². The van der Waals surface area contributed by atoms with Gasteiger partial charge in [-0.25, -0.2) is 0 Å². The molecular formula is C15H19NS. The van der Waals surface area contributed by atoms with Crippen molar-refractivity contribution in [1.82, 2.24) is 5.32 Å². The van der Waals surface area contributed by atoms with Crippen molar-refractivity contribution in [2.24, 2.45) is 0 Å². The zero-order valence-electron chi connectivity index (χ0n) is 10.2. The van der Waals surface area contributed by atoms with Crippen molar-refractivity contribution >= 4 is 11.3 Å². The summed E-state index contributed by atoms with van der Waals surface area (Å²) in [5, 5.41) is 7.87. The van der Waals surface area contributed by atoms with E-state index in [1.54, 1.807) is 11.3 Å². The summed E-state index contributed by atoms with van der Waals surface area (Å²) >= 11 is 1.78. The van der Waals surface area contributed by atoms with Gasteiger partial charge in [-0.1, -0.05) is 37.3 Å². The summed E-state index contributed by atoms with van der Waals surface area (Å²) in [6.07, 6.45) is 1.13. The SMILES string of the molecule is CCNCC(Cc1ccsc1)c1ccccc1. The van der Waals surface area contributed by atoms with Crippen LogP contribution in [-0.2, 0) is 6.42 Å². The zero-order valence-corrected chi connectivity index (χ0v) is 11.0. The largest absolute Gasteiger partial charge is 0.316 e. The van der Waals surface area contributed by atoms with Gasteiger partial charge < -0.3 is 5.32 Å². The van der Waals surface area contributed by atoms with Gasteiger partial charge in [0.15, 0.2) is 0 Å². The molecule has 1 aromatic heterocycles. The van der Waals surface area contributed by atoms with E-state index in [2.05, 4.69) is 59.4 Å². The Hall–Kier alpha value is -1.12. The molecular weight excluding hydrogens is 226 g/mol. The van der Waals surface area contributed by atoms with Gasteiger partial charge in [0.25, 0.3) is 0 Å². The van der Waals surface area contributed by atoms with Crippen LogP contribution in [0.4, 0.5) is 0 Å². The molecule has 0 saturated carbocycles. The second kappa shape index (κ2) is 6.58. The monoisotopic (exact) mass is 245 g/mol. The number of hydrogen-bond donors (Lipinski definition) is 1. The van der Waals surface area contributed by atoms with Crippen molar-refractivity contribution in [2.75, 3.05) is 13.1 Å². The van der Waals surface area contributed by atoms with Gasteiger partial charge in [0, 0.05) is 12.5 Å². The van der Waals surface area contributed by atoms with Crippen LogP contribution in [0.5, 0.6) is 0 Å². The second-order valence-electron chi connectivity index (χ2n) is 4.25. The second-order valence-corrected chi connectivity index (χ2v) is 5.03. The van der Waals surface area contributed by atoms with Gasteiger partial charge in [-0.15, -0.1) is 0 Å². The minimum Gasteiger partial charge on any atom is -0.316 e. The van der Waals surface area contributed by atoms with E-state index in [1.165, 1.54) is 11.1 Å². The topological polar surface area (TPSA) is 12.0 Å². The summed E-state index contributed by atoms with van der Waals surface area (Å²) in [6.45, 7) is 4.25. The highest BCUT2D eigenvalue weighted by molar-refractivity contribution is 7.07. The van der Waals surface area contributed by atoms with Crippen LogP contribution in [0.1, 0.15) is 24.0 Å². The maximum absolute atomic E-state index is 3.46. The number of likely N-dealkylation sites (N-methyl/N-ethyl adjacent to an activating group) is 1. The van der Waals surface area contributed by atoms with Gasteiger partial charge in [0.2, 0.25) is 0 Å². The van der Waals surface area contributed by atoms with Crippen LogP contribution in [0, 0.1) is 0 Å². The van der Waals surface area contributed by atoms with Crippen molar-refractivity contribution in [2.45, 2.75) is 19.3 Å². The standard InChI is InChI=1S/C15H19NS/c1-2-16-11-15(10-13-8-9-17-12-13)14-6-4-3-5-7-14/h3-9,12,15-16H,2,10-11H2,1H3. The zero-order chi connectivity index (χ0) is 11.9. The lowest BCUT2D eigenvalue weighted by Crippen LogP contribution is -2.22. The van der Waals surface area contributed by atoms with E-state index in [0.29, 0.717) is 5.92 Å². The van der Waals surface area contributed by atoms with Gasteiger partial charge in [-0.3, -0.25) is 0 Å². The molecule has 0 aliphatic rings. The fraction of sp³-hybridized carbons (Fsp3) is 0.333. The first-order valence-corrected chi connectivity index (χ1v) is 7.11. The fourth-order valence-electron chi connectivity index (χ4n) is 2.04. The van der Waals surface area contributed by atoms with Crippen molar-refractivity contribution in [1.29, 1.82) is 0 Å². The molecule has 1 aromatic carbocycles. The summed E-state index contributed by atoms with van der Waals surface area (Å²) < 4.78 is 0. The average molecular weight is 245 g/mol. The summed E-state index contributed by atoms with van der Waals surface area (Å²) in [5.41, 5.74) is 2.88. The first-order chi connectivity index (χ1) is 8.40. The van der Waals surface area contributed by atoms with Crippen molar-refractivity contribution in [3.63, 3.8) is 0 Å². The molecule has 1 atom stereocenters. The summed E-state index contributed by atoms with van der Waals surface area (Å²) in [6, 6.07) is 13.0. The quantitative estimate of drug-likeness (QED) is 0.818. The Labute approximate surface area is 108 Å². The van der Waals surface area contributed by atoms with Gasteiger partial charge in [0.05, 0.1) is 0 Å². The van der Waals surface area contributed by atoms with E-state index in [4.69, 9.17) is 0 Å². The predicted molar refractivity (Wildman–Crippen MR) is 75.7 cm³/mol. The first-order valence-electron chi connectivity index (χ1n) is 6.17. The Balaban J connectivity index is 2.08. The molecule has 0 saturated heterocycles. The number of hydrogen-bond acceptors (Lipinski definition) is 2. The molecule has 1 N–H and O–H groups in total. The van der Waals surface area contributed by atoms with Crippen molar-refractivity contribution < 1.29 is 0 Å². The third-order valence-corrected chi connectivity index (χ3v) is 3.71. The molecule has 1 unspecified atom stereocenters. The van der Waals surface area contributed by atoms with Crippen LogP contribution in [0.3, 0.4) is 0 Å². The minimum atomic E-state index is 0.575. The molecule has 0 spiro atoms. The number of nitrogens with one attached hydrogen (secondary N) is 1. The molecule has 0 aliphatic heterocycles. The molecule has 0 aliphatic carbocycles. The van der Waals surface area contributed by atoms with Crippen LogP contribution in [0.2, 0.25) is 0 Å². The molecule has 1 nitrogen and oxygen atoms in total. The Bertz CT molecular complexity index is 408. The van der Waals surface area contributed by atoms with Crippen LogP contribution < -0.4 is 5.32 Å². The molecule has 90 valence electrons. The molecule has 0 radical (unpaired) electrons. The van der Waals surface area contributed by atoms with Crippen LogP contribution in [-0.4, -0.2) is 13.1 Å². The highest BCUT2D eigenvalue weighted by Gasteiger charge is 2.11. The van der Waals surface area contributed by atoms with Gasteiger partial charge >= 0.3 is 0 Å². The molecule has 1 heterocycles. The molecule has 2 aromatic rings. The van der Waals surface area contributed by atoms with E-state index < -0.39 is 0 Å². The molecule has 2 rings (SSSR count). The molecule has 0 bridgehead atoms. The molecule has 2 heteroatoms. The third-order valence-electron chi connectivity index (χ3n) is 2.97. The Morgan fingerprint density at radius 1 is 1.18 bits per heavy atom. The summed E-state index contributed by atoms with van der Waals surface area (Å²) in [7, 11) is 0. The Kier molecular flexibility index (Phi) is 4.77. The third kappa shape index (κ3) is 3.69. The fourth-order valence-corrected chi connectivity index (χ4v) is 2.73. The van der Waals surface area contributed by atoms with Crippen LogP contribution >= 0.6 is 11.3 Å². The van der Waals surface area contributed by atoms with Crippen LogP contribution in [0.15, 0.2) is 47.2 Å². The van der Waals surface area contributed by atoms with Crippen LogP contribution in [0.25, 0.3) is 0 Å². The summed E-state index contributed by atoms with van der Waals surface area (Å²) in [4.78, 5) is 0. The lowest BCUT2D eigenvalue weighted by atomic mass is 9.93. The maximum atomic E-state index is 3.46. The first kappa shape index (κ1) is 12.3. The highest BCUT2D eigenvalue weighted by Crippen LogP contribution is 2.21. The maximum Gasteiger partial charge on any atom is 0.00232 e. The Morgan fingerprint density at radius 2 is 2.00 bits per heavy atom. The number of benzene rings is 1. The molecule has 17 heavy (non-hydrogen) atoms. The normalized spacial score (nSPS) is 12.5. The lowest BCUT2D eigenvalue weighted by molar-refractivity contribution is 0.595. The van der Waals surface area contributed by atoms with Gasteiger partial charge in [0.1, 0.15) is 0 Å². The van der Waals surface area contributed by atoms with E-state index >= 15 is 0 Å². The number of rotatable bonds is 6. The van der Waals surface area contributed by atoms with E-state index in [0.717, 1.165) is 19.5 Å². The average Bonchev–Trinajstić information content (AvgIpc) is 2.88. The van der Waals surface area contributed by atoms with Gasteiger partial charge in [-0.2, -0.15) is 11.3 Å². The lowest BCUT2D eigenvalue weighted by Gasteiger charge is -2.17. The Morgan fingerprint density at radius 3 is 2.65 bits per heavy atom. The predicted octanol–water partition coefficient (Wildman–Crippen LogP) is 3.68. The van der Waals surface area contributed by atoms with Crippen molar-refractivity contribution in [3.8, 4) is 0 Å². The van der Waals surface area contributed by atoms with E-state index in [-0.39, 0.29) is 0 Å². The minimum absolute atomic E-state index is 0.575. The number of thiophene rings is 1. The molecule has 0 amide bonds. The summed E-state index contributed by atoms with van der Waals surface area (Å²) in [5.74, 6) is 0.575. The smallest absolute Gasteiger partial charge is 0.00232 e.